The molecule has 0 saturated heterocycles. The Bertz CT molecular complexity index is 2150. The molecule has 49 heavy (non-hydrogen) atoms. The average molecular weight is 821 g/mol. The van der Waals surface area contributed by atoms with Gasteiger partial charge in [-0.15, -0.1) is 53.1 Å². The second kappa shape index (κ2) is 15.9. The molecule has 251 valence electrons. The number of aryl methyl sites for hydroxylation is 2. The summed E-state index contributed by atoms with van der Waals surface area (Å²) in [7, 11) is 0. The van der Waals surface area contributed by atoms with Crippen molar-refractivity contribution < 1.29 is 24.5 Å². The normalized spacial score (nSPS) is 11.8. The summed E-state index contributed by atoms with van der Waals surface area (Å²) in [6.07, 6.45) is 4.97. The van der Waals surface area contributed by atoms with Gasteiger partial charge in [-0.25, -0.2) is 0 Å². The summed E-state index contributed by atoms with van der Waals surface area (Å²) in [6.45, 7) is 15.4. The first-order valence-electron chi connectivity index (χ1n) is 17.0. The fourth-order valence-electron chi connectivity index (χ4n) is 6.26. The van der Waals surface area contributed by atoms with Crippen molar-refractivity contribution in [3.05, 3.63) is 155 Å². The van der Waals surface area contributed by atoms with Crippen molar-refractivity contribution in [2.24, 2.45) is 5.92 Å². The number of nitrogens with zero attached hydrogens (tertiary/aromatic N) is 2. The Morgan fingerprint density at radius 2 is 1.49 bits per heavy atom. The Kier molecular flexibility index (Phi) is 11.7. The van der Waals surface area contributed by atoms with Gasteiger partial charge in [0.2, 0.25) is 0 Å². The van der Waals surface area contributed by atoms with E-state index in [2.05, 4.69) is 149 Å². The van der Waals surface area contributed by atoms with Crippen LogP contribution in [0.2, 0.25) is 0 Å². The van der Waals surface area contributed by atoms with Gasteiger partial charge in [0.15, 0.2) is 0 Å². The monoisotopic (exact) mass is 821 g/mol. The molecule has 0 aliphatic rings. The molecule has 1 unspecified atom stereocenters. The molecule has 0 amide bonds. The number of benzene rings is 4. The van der Waals surface area contributed by atoms with Crippen LogP contribution < -0.4 is 0 Å². The third kappa shape index (κ3) is 8.10. The zero-order valence-corrected chi connectivity index (χ0v) is 31.9. The maximum Gasteiger partial charge on any atom is 0.120 e. The molecule has 0 aliphatic heterocycles. The molecule has 0 aliphatic carbocycles. The van der Waals surface area contributed by atoms with Gasteiger partial charge in [0.05, 0.1) is 5.58 Å². The predicted octanol–water partition coefficient (Wildman–Crippen LogP) is 12.1. The van der Waals surface area contributed by atoms with Crippen LogP contribution in [0.1, 0.15) is 79.8 Å². The van der Waals surface area contributed by atoms with Crippen molar-refractivity contribution in [1.82, 2.24) is 9.97 Å². The van der Waals surface area contributed by atoms with Gasteiger partial charge in [-0.05, 0) is 59.5 Å². The minimum atomic E-state index is 0. The van der Waals surface area contributed by atoms with Crippen molar-refractivity contribution in [1.29, 1.82) is 0 Å². The van der Waals surface area contributed by atoms with Gasteiger partial charge in [-0.3, -0.25) is 0 Å². The van der Waals surface area contributed by atoms with Gasteiger partial charge < -0.3 is 14.4 Å². The van der Waals surface area contributed by atoms with E-state index in [4.69, 9.17) is 4.42 Å². The summed E-state index contributed by atoms with van der Waals surface area (Å²) < 4.78 is 6.34. The maximum atomic E-state index is 6.34. The van der Waals surface area contributed by atoms with Crippen molar-refractivity contribution in [3.63, 3.8) is 0 Å². The fraction of sp³-hybridized carbons (Fsp3) is 0.244. The van der Waals surface area contributed by atoms with Crippen molar-refractivity contribution in [2.75, 3.05) is 0 Å². The molecule has 4 heteroatoms. The molecule has 3 aromatic heterocycles. The molecule has 0 spiro atoms. The third-order valence-electron chi connectivity index (χ3n) is 9.03. The van der Waals surface area contributed by atoms with Gasteiger partial charge in [0, 0.05) is 43.8 Å². The number of para-hydroxylation sites is 1. The van der Waals surface area contributed by atoms with Gasteiger partial charge in [0.1, 0.15) is 5.58 Å². The van der Waals surface area contributed by atoms with E-state index in [0.717, 1.165) is 45.5 Å². The predicted molar refractivity (Wildman–Crippen MR) is 200 cm³/mol. The molecule has 3 heterocycles. The summed E-state index contributed by atoms with van der Waals surface area (Å²) >= 11 is 0. The van der Waals surface area contributed by atoms with Gasteiger partial charge in [-0.2, -0.15) is 0 Å². The summed E-state index contributed by atoms with van der Waals surface area (Å²) in [4.78, 5) is 9.20. The number of aromatic nitrogens is 2. The van der Waals surface area contributed by atoms with Crippen molar-refractivity contribution in [2.45, 2.75) is 66.7 Å². The van der Waals surface area contributed by atoms with Crippen molar-refractivity contribution in [3.8, 4) is 22.5 Å². The molecule has 1 atom stereocenters. The third-order valence-corrected chi connectivity index (χ3v) is 9.03. The van der Waals surface area contributed by atoms with Gasteiger partial charge in [-0.1, -0.05) is 125 Å². The Balaban J connectivity index is 0.000000212. The molecular weight excluding hydrogens is 777 g/mol. The van der Waals surface area contributed by atoms with E-state index in [1.165, 1.54) is 38.8 Å². The van der Waals surface area contributed by atoms with E-state index in [0.29, 0.717) is 11.8 Å². The Morgan fingerprint density at radius 3 is 2.20 bits per heavy atom. The van der Waals surface area contributed by atoms with E-state index in [1.54, 1.807) is 0 Å². The second-order valence-electron chi connectivity index (χ2n) is 13.6. The van der Waals surface area contributed by atoms with Crippen LogP contribution in [0, 0.1) is 31.9 Å². The van der Waals surface area contributed by atoms with Gasteiger partial charge >= 0.3 is 0 Å². The van der Waals surface area contributed by atoms with E-state index in [-0.39, 0.29) is 26.0 Å². The van der Waals surface area contributed by atoms with Crippen LogP contribution in [-0.2, 0) is 26.5 Å². The van der Waals surface area contributed by atoms with Crippen LogP contribution in [0.3, 0.4) is 0 Å². The number of hydrogen-bond acceptors (Lipinski definition) is 3. The summed E-state index contributed by atoms with van der Waals surface area (Å²) in [5.41, 5.74) is 13.4. The molecule has 0 saturated carbocycles. The molecule has 3 nitrogen and oxygen atoms in total. The summed E-state index contributed by atoms with van der Waals surface area (Å²) in [5.74, 6) is 1.34. The van der Waals surface area contributed by atoms with Crippen LogP contribution in [0.5, 0.6) is 0 Å². The quantitative estimate of drug-likeness (QED) is 0.150. The minimum Gasteiger partial charge on any atom is -0.501 e. The van der Waals surface area contributed by atoms with E-state index in [9.17, 15) is 0 Å². The average Bonchev–Trinajstić information content (AvgIpc) is 3.49. The molecule has 4 aromatic carbocycles. The molecule has 0 bridgehead atoms. The molecule has 0 fully saturated rings. The summed E-state index contributed by atoms with van der Waals surface area (Å²) in [6, 6.07) is 40.4. The number of hydrogen-bond donors (Lipinski definition) is 0. The zero-order valence-electron chi connectivity index (χ0n) is 29.5. The van der Waals surface area contributed by atoms with Crippen molar-refractivity contribution >= 4 is 21.9 Å². The number of furan rings is 1. The zero-order chi connectivity index (χ0) is 33.8. The van der Waals surface area contributed by atoms with Crippen LogP contribution in [0.4, 0.5) is 0 Å². The number of pyridine rings is 2. The molecule has 0 N–H and O–H groups in total. The van der Waals surface area contributed by atoms with Crippen LogP contribution in [-0.4, -0.2) is 9.97 Å². The Labute approximate surface area is 305 Å². The topological polar surface area (TPSA) is 38.9 Å². The molecule has 7 aromatic rings. The number of fused-ring (bicyclic) bond motifs is 3. The molecular formula is C45H44IrN2O-2. The van der Waals surface area contributed by atoms with E-state index < -0.39 is 0 Å². The maximum absolute atomic E-state index is 6.34. The fourth-order valence-corrected chi connectivity index (χ4v) is 6.26. The SMILES string of the molecule is CC(C)c1c[c-]c(-c2cc(C(C)c3ccccc3)ccn2)c2oc3ccccc3c12.Cc1c[c-]c(-c2cc(CC(C)C)c(C)cn2)cc1.[Ir]. The standard InChI is InChI=1S/C28H24NO.C17H20N.Ir/c1-18(2)22-13-14-23(28-27(22)24-11-7-8-12-26(24)30-28)25-17-21(15-16-29-25)19(3)20-9-5-4-6-10-20;1-12(2)9-16-10-17(18-11-14(16)4)15-7-5-13(3)6-8-15;/h4-13,15-19H,1-3H3;5-7,10-12H,9H2,1-4H3;/q2*-1;. The Morgan fingerprint density at radius 1 is 0.735 bits per heavy atom. The van der Waals surface area contributed by atoms with Crippen LogP contribution >= 0.6 is 0 Å². The first-order valence-corrected chi connectivity index (χ1v) is 17.0. The smallest absolute Gasteiger partial charge is 0.120 e. The first kappa shape index (κ1) is 35.9. The second-order valence-corrected chi connectivity index (χ2v) is 13.6. The Hall–Kier alpha value is -4.37. The molecule has 7 rings (SSSR count). The van der Waals surface area contributed by atoms with Gasteiger partial charge in [0.25, 0.3) is 0 Å². The van der Waals surface area contributed by atoms with Crippen LogP contribution in [0.15, 0.2) is 114 Å². The molecule has 1 radical (unpaired) electrons. The minimum absolute atomic E-state index is 0. The first-order chi connectivity index (χ1) is 23.2. The number of rotatable bonds is 7. The van der Waals surface area contributed by atoms with E-state index >= 15 is 0 Å². The van der Waals surface area contributed by atoms with Crippen LogP contribution in [0.25, 0.3) is 44.5 Å². The van der Waals surface area contributed by atoms with E-state index in [1.807, 2.05) is 30.6 Å². The largest absolute Gasteiger partial charge is 0.501 e. The summed E-state index contributed by atoms with van der Waals surface area (Å²) in [5, 5.41) is 2.33.